The van der Waals surface area contributed by atoms with Crippen molar-refractivity contribution in [3.05, 3.63) is 178 Å². The SMILES string of the molecule is C=C1C=CC=C2C=Cc3ccc(C(C)C)c(c3C2)C=C1.CC(C)c1ccccc1.CC1(C)c2ccccc2-c2ccccc21. The van der Waals surface area contributed by atoms with Gasteiger partial charge in [-0.25, -0.2) is 0 Å². The minimum absolute atomic E-state index is 0.160. The van der Waals surface area contributed by atoms with Crippen LogP contribution in [0.5, 0.6) is 0 Å². The highest BCUT2D eigenvalue weighted by molar-refractivity contribution is 5.80. The van der Waals surface area contributed by atoms with Crippen LogP contribution in [0, 0.1) is 0 Å². The van der Waals surface area contributed by atoms with Crippen molar-refractivity contribution < 1.29 is 0 Å². The minimum Gasteiger partial charge on any atom is -0.0918 e. The van der Waals surface area contributed by atoms with Gasteiger partial charge in [-0.3, -0.25) is 0 Å². The smallest absolute Gasteiger partial charge is 0.0158 e. The summed E-state index contributed by atoms with van der Waals surface area (Å²) < 4.78 is 0. The number of hydrogen-bond acceptors (Lipinski definition) is 0. The number of fused-ring (bicyclic) bond motifs is 4. The predicted octanol–water partition coefficient (Wildman–Crippen LogP) is 12.2. The lowest BCUT2D eigenvalue weighted by Gasteiger charge is -2.21. The van der Waals surface area contributed by atoms with Crippen LogP contribution in [0.4, 0.5) is 0 Å². The monoisotopic (exact) mass is 574 g/mol. The van der Waals surface area contributed by atoms with Gasteiger partial charge in [-0.1, -0.05) is 182 Å². The van der Waals surface area contributed by atoms with Crippen LogP contribution in [0.15, 0.2) is 139 Å². The zero-order valence-corrected chi connectivity index (χ0v) is 27.3. The second kappa shape index (κ2) is 13.5. The first-order valence-electron chi connectivity index (χ1n) is 16.0. The first-order valence-corrected chi connectivity index (χ1v) is 16.0. The van der Waals surface area contributed by atoms with E-state index in [2.05, 4.69) is 176 Å². The second-order valence-electron chi connectivity index (χ2n) is 13.1. The number of benzene rings is 4. The average Bonchev–Trinajstić information content (AvgIpc) is 3.27. The minimum atomic E-state index is 0.160. The lowest BCUT2D eigenvalue weighted by molar-refractivity contribution is 0.660. The maximum atomic E-state index is 4.08. The molecule has 0 unspecified atom stereocenters. The second-order valence-corrected chi connectivity index (χ2v) is 13.1. The highest BCUT2D eigenvalue weighted by atomic mass is 14.4. The highest BCUT2D eigenvalue weighted by Crippen LogP contribution is 2.48. The Morgan fingerprint density at radius 1 is 0.614 bits per heavy atom. The van der Waals surface area contributed by atoms with E-state index in [1.165, 1.54) is 55.6 Å². The Labute approximate surface area is 265 Å². The summed E-state index contributed by atoms with van der Waals surface area (Å²) in [6.45, 7) is 17.6. The Bertz CT molecular complexity index is 1700. The molecular formula is C44H46. The van der Waals surface area contributed by atoms with Crippen LogP contribution >= 0.6 is 0 Å². The molecule has 222 valence electrons. The molecule has 44 heavy (non-hydrogen) atoms. The van der Waals surface area contributed by atoms with Gasteiger partial charge in [0, 0.05) is 5.41 Å². The summed E-state index contributed by atoms with van der Waals surface area (Å²) in [6, 6.07) is 32.5. The molecular weight excluding hydrogens is 528 g/mol. The van der Waals surface area contributed by atoms with Crippen LogP contribution in [-0.4, -0.2) is 0 Å². The van der Waals surface area contributed by atoms with Gasteiger partial charge in [-0.15, -0.1) is 0 Å². The average molecular weight is 575 g/mol. The van der Waals surface area contributed by atoms with Gasteiger partial charge >= 0.3 is 0 Å². The zero-order chi connectivity index (χ0) is 31.3. The van der Waals surface area contributed by atoms with Crippen molar-refractivity contribution in [2.45, 2.75) is 65.2 Å². The Hall–Kier alpha value is -4.42. The Kier molecular flexibility index (Phi) is 9.50. The third-order valence-electron chi connectivity index (χ3n) is 8.95. The summed E-state index contributed by atoms with van der Waals surface area (Å²) in [5.74, 6) is 1.19. The van der Waals surface area contributed by atoms with Gasteiger partial charge < -0.3 is 0 Å². The van der Waals surface area contributed by atoms with Crippen LogP contribution in [0.3, 0.4) is 0 Å². The largest absolute Gasteiger partial charge is 0.0918 e. The maximum absolute atomic E-state index is 4.08. The summed E-state index contributed by atoms with van der Waals surface area (Å²) in [6.07, 6.45) is 16.2. The van der Waals surface area contributed by atoms with Crippen LogP contribution in [0.2, 0.25) is 0 Å². The quantitative estimate of drug-likeness (QED) is 0.223. The van der Waals surface area contributed by atoms with E-state index in [0.29, 0.717) is 11.8 Å². The summed E-state index contributed by atoms with van der Waals surface area (Å²) in [7, 11) is 0. The molecule has 4 aromatic carbocycles. The molecule has 2 bridgehead atoms. The molecule has 0 heterocycles. The molecule has 0 fully saturated rings. The van der Waals surface area contributed by atoms with Crippen LogP contribution < -0.4 is 0 Å². The van der Waals surface area contributed by atoms with Crippen molar-refractivity contribution in [2.75, 3.05) is 0 Å². The normalized spacial score (nSPS) is 15.0. The summed E-state index contributed by atoms with van der Waals surface area (Å²) in [5.41, 5.74) is 15.3. The number of allylic oxidation sites excluding steroid dienone is 7. The molecule has 3 aliphatic rings. The highest BCUT2D eigenvalue weighted by Gasteiger charge is 2.34. The van der Waals surface area contributed by atoms with E-state index in [4.69, 9.17) is 0 Å². The van der Waals surface area contributed by atoms with Crippen molar-refractivity contribution in [1.29, 1.82) is 0 Å². The van der Waals surface area contributed by atoms with E-state index in [9.17, 15) is 0 Å². The van der Waals surface area contributed by atoms with Gasteiger partial charge in [0.2, 0.25) is 0 Å². The molecule has 0 aliphatic heterocycles. The molecule has 0 aromatic heterocycles. The molecule has 3 aliphatic carbocycles. The van der Waals surface area contributed by atoms with Gasteiger partial charge in [0.05, 0.1) is 0 Å². The molecule has 7 rings (SSSR count). The molecule has 0 saturated heterocycles. The van der Waals surface area contributed by atoms with Crippen molar-refractivity contribution in [3.8, 4) is 11.1 Å². The Balaban J connectivity index is 0.000000141. The molecule has 0 spiro atoms. The molecule has 0 N–H and O–H groups in total. The zero-order valence-electron chi connectivity index (χ0n) is 27.3. The van der Waals surface area contributed by atoms with Crippen LogP contribution in [0.1, 0.15) is 92.3 Å². The van der Waals surface area contributed by atoms with E-state index in [0.717, 1.165) is 12.0 Å². The predicted molar refractivity (Wildman–Crippen MR) is 193 cm³/mol. The third-order valence-corrected chi connectivity index (χ3v) is 8.95. The topological polar surface area (TPSA) is 0 Å². The fourth-order valence-corrected chi connectivity index (χ4v) is 6.38. The standard InChI is InChI=1S/C20H20.C15H14.C9H12/c1-14(2)18-12-10-17-9-8-16-6-4-5-15(3)7-11-19(18)20(17)13-16;1-15(2)13-9-5-3-7-11(13)12-8-4-6-10-14(12)15;1-8(2)9-6-4-3-5-7-9/h4-12,14H,3,13H2,1-2H3;3-10H,1-2H3;3-8H,1-2H3. The summed E-state index contributed by atoms with van der Waals surface area (Å²) in [5, 5.41) is 0. The summed E-state index contributed by atoms with van der Waals surface area (Å²) >= 11 is 0. The third kappa shape index (κ3) is 6.71. The van der Waals surface area contributed by atoms with E-state index < -0.39 is 0 Å². The van der Waals surface area contributed by atoms with Gasteiger partial charge in [-0.2, -0.15) is 0 Å². The maximum Gasteiger partial charge on any atom is 0.0158 e. The van der Waals surface area contributed by atoms with Gasteiger partial charge in [0.15, 0.2) is 0 Å². The first kappa shape index (κ1) is 31.0. The van der Waals surface area contributed by atoms with E-state index in [1.807, 2.05) is 6.07 Å². The van der Waals surface area contributed by atoms with Gasteiger partial charge in [0.25, 0.3) is 0 Å². The molecule has 0 saturated carbocycles. The van der Waals surface area contributed by atoms with Gasteiger partial charge in [-0.05, 0) is 79.5 Å². The van der Waals surface area contributed by atoms with Crippen molar-refractivity contribution in [2.24, 2.45) is 0 Å². The molecule has 0 atom stereocenters. The lowest BCUT2D eigenvalue weighted by atomic mass is 9.82. The number of rotatable bonds is 2. The molecule has 0 heteroatoms. The van der Waals surface area contributed by atoms with Crippen molar-refractivity contribution in [3.63, 3.8) is 0 Å². The fraction of sp³-hybridized carbons (Fsp3) is 0.227. The van der Waals surface area contributed by atoms with Crippen molar-refractivity contribution in [1.82, 2.24) is 0 Å². The first-order chi connectivity index (χ1) is 21.2. The van der Waals surface area contributed by atoms with Crippen molar-refractivity contribution >= 4 is 12.2 Å². The Morgan fingerprint density at radius 3 is 1.82 bits per heavy atom. The summed E-state index contributed by atoms with van der Waals surface area (Å²) in [4.78, 5) is 0. The fourth-order valence-electron chi connectivity index (χ4n) is 6.38. The van der Waals surface area contributed by atoms with E-state index in [1.54, 1.807) is 0 Å². The van der Waals surface area contributed by atoms with Crippen LogP contribution in [-0.2, 0) is 11.8 Å². The molecule has 0 nitrogen and oxygen atoms in total. The van der Waals surface area contributed by atoms with E-state index >= 15 is 0 Å². The van der Waals surface area contributed by atoms with Gasteiger partial charge in [0.1, 0.15) is 0 Å². The number of hydrogen-bond donors (Lipinski definition) is 0. The Morgan fingerprint density at radius 2 is 1.23 bits per heavy atom. The lowest BCUT2D eigenvalue weighted by Crippen LogP contribution is -2.14. The molecule has 0 radical (unpaired) electrons. The van der Waals surface area contributed by atoms with E-state index in [-0.39, 0.29) is 5.41 Å². The molecule has 0 amide bonds. The van der Waals surface area contributed by atoms with Crippen LogP contribution in [0.25, 0.3) is 23.3 Å². The molecule has 4 aromatic rings.